The van der Waals surface area contributed by atoms with Gasteiger partial charge in [-0.1, -0.05) is 19.9 Å². The van der Waals surface area contributed by atoms with Crippen molar-refractivity contribution in [2.24, 2.45) is 0 Å². The van der Waals surface area contributed by atoms with Crippen molar-refractivity contribution in [2.75, 3.05) is 0 Å². The molecule has 2 nitrogen and oxygen atoms in total. The lowest BCUT2D eigenvalue weighted by Gasteiger charge is -2.04. The van der Waals surface area contributed by atoms with Crippen molar-refractivity contribution < 1.29 is 13.6 Å². The fraction of sp³-hybridized carbons (Fsp3) is 0.400. The fourth-order valence-corrected chi connectivity index (χ4v) is 1.00. The van der Waals surface area contributed by atoms with E-state index in [1.807, 2.05) is 13.8 Å². The largest absolute Gasteiger partial charge is 0.302 e. The molecule has 1 heterocycles. The van der Waals surface area contributed by atoms with Crippen molar-refractivity contribution in [3.63, 3.8) is 0 Å². The highest BCUT2D eigenvalue weighted by Gasteiger charge is 2.18. The maximum atomic E-state index is 12.0. The number of pyridine rings is 1. The monoisotopic (exact) mass is 199 g/mol. The number of carbonyl (C=O) groups is 1. The molecule has 14 heavy (non-hydrogen) atoms. The van der Waals surface area contributed by atoms with Gasteiger partial charge in [0.15, 0.2) is 0 Å². The number of alkyl halides is 2. The van der Waals surface area contributed by atoms with E-state index in [1.165, 1.54) is 12.3 Å². The predicted octanol–water partition coefficient (Wildman–Crippen LogP) is 2.65. The van der Waals surface area contributed by atoms with Crippen LogP contribution in [0.3, 0.4) is 0 Å². The second-order valence-corrected chi connectivity index (χ2v) is 3.30. The Labute approximate surface area is 81.0 Å². The Morgan fingerprint density at radius 3 is 2.36 bits per heavy atom. The molecule has 0 atom stereocenters. The number of hydrogen-bond acceptors (Lipinski definition) is 2. The molecule has 0 aliphatic carbocycles. The third-order valence-electron chi connectivity index (χ3n) is 1.90. The minimum atomic E-state index is -2.98. The van der Waals surface area contributed by atoms with Crippen LogP contribution in [-0.4, -0.2) is 17.2 Å². The molecule has 0 N–H and O–H groups in total. The Balaban J connectivity index is 2.89. The second-order valence-electron chi connectivity index (χ2n) is 3.30. The lowest BCUT2D eigenvalue weighted by Crippen LogP contribution is -2.12. The van der Waals surface area contributed by atoms with Crippen molar-refractivity contribution in [1.29, 1.82) is 0 Å². The van der Waals surface area contributed by atoms with Gasteiger partial charge >= 0.3 is 6.43 Å². The third kappa shape index (κ3) is 2.34. The fourth-order valence-electron chi connectivity index (χ4n) is 1.00. The normalized spacial score (nSPS) is 11.0. The number of Topliss-reactive ketones (excluding diaryl/α,β-unsaturated/α-hetero) is 1. The SMILES string of the molecule is CC(C)c1ccc(C(=O)C(F)F)nc1. The van der Waals surface area contributed by atoms with Crippen LogP contribution in [0.25, 0.3) is 0 Å². The minimum Gasteiger partial charge on any atom is -0.286 e. The van der Waals surface area contributed by atoms with Gasteiger partial charge in [0.25, 0.3) is 0 Å². The maximum Gasteiger partial charge on any atom is 0.302 e. The first-order chi connectivity index (χ1) is 6.52. The van der Waals surface area contributed by atoms with Crippen molar-refractivity contribution in [3.05, 3.63) is 29.6 Å². The van der Waals surface area contributed by atoms with E-state index in [4.69, 9.17) is 0 Å². The number of rotatable bonds is 3. The Morgan fingerprint density at radius 2 is 2.00 bits per heavy atom. The average Bonchev–Trinajstić information content (AvgIpc) is 2.16. The van der Waals surface area contributed by atoms with Gasteiger partial charge in [-0.05, 0) is 17.5 Å². The molecule has 1 rings (SSSR count). The molecular formula is C10H11F2NO. The van der Waals surface area contributed by atoms with Gasteiger partial charge in [0.2, 0.25) is 5.78 Å². The average molecular weight is 199 g/mol. The van der Waals surface area contributed by atoms with E-state index in [0.29, 0.717) is 0 Å². The maximum absolute atomic E-state index is 12.0. The first-order valence-corrected chi connectivity index (χ1v) is 4.30. The summed E-state index contributed by atoms with van der Waals surface area (Å²) < 4.78 is 24.0. The molecule has 1 aromatic heterocycles. The molecule has 0 aromatic carbocycles. The van der Waals surface area contributed by atoms with Crippen LogP contribution in [0.1, 0.15) is 35.8 Å². The zero-order chi connectivity index (χ0) is 10.7. The molecule has 1 aromatic rings. The molecule has 0 bridgehead atoms. The molecule has 0 spiro atoms. The number of halogens is 2. The summed E-state index contributed by atoms with van der Waals surface area (Å²) in [7, 11) is 0. The summed E-state index contributed by atoms with van der Waals surface area (Å²) in [5, 5.41) is 0. The van der Waals surface area contributed by atoms with Gasteiger partial charge in [-0.15, -0.1) is 0 Å². The Hall–Kier alpha value is -1.32. The molecule has 0 amide bonds. The lowest BCUT2D eigenvalue weighted by molar-refractivity contribution is 0.0673. The highest BCUT2D eigenvalue weighted by molar-refractivity contribution is 5.96. The van der Waals surface area contributed by atoms with E-state index < -0.39 is 12.2 Å². The molecule has 0 saturated carbocycles. The van der Waals surface area contributed by atoms with Gasteiger partial charge in [-0.3, -0.25) is 9.78 Å². The standard InChI is InChI=1S/C10H11F2NO/c1-6(2)7-3-4-8(13-5-7)9(14)10(11)12/h3-6,10H,1-2H3. The van der Waals surface area contributed by atoms with Gasteiger partial charge in [-0.25, -0.2) is 8.78 Å². The quantitative estimate of drug-likeness (QED) is 0.700. The highest BCUT2D eigenvalue weighted by atomic mass is 19.3. The van der Waals surface area contributed by atoms with Gasteiger partial charge < -0.3 is 0 Å². The van der Waals surface area contributed by atoms with Crippen LogP contribution in [0.5, 0.6) is 0 Å². The summed E-state index contributed by atoms with van der Waals surface area (Å²) in [5.74, 6) is -0.946. The Bertz CT molecular complexity index is 319. The number of ketones is 1. The number of aromatic nitrogens is 1. The van der Waals surface area contributed by atoms with Crippen LogP contribution < -0.4 is 0 Å². The summed E-state index contributed by atoms with van der Waals surface area (Å²) >= 11 is 0. The molecule has 0 saturated heterocycles. The van der Waals surface area contributed by atoms with Crippen molar-refractivity contribution in [2.45, 2.75) is 26.2 Å². The van der Waals surface area contributed by atoms with Crippen LogP contribution in [0.2, 0.25) is 0 Å². The number of carbonyl (C=O) groups excluding carboxylic acids is 1. The topological polar surface area (TPSA) is 30.0 Å². The van der Waals surface area contributed by atoms with E-state index in [9.17, 15) is 13.6 Å². The molecule has 0 aliphatic heterocycles. The van der Waals surface area contributed by atoms with Crippen molar-refractivity contribution in [3.8, 4) is 0 Å². The van der Waals surface area contributed by atoms with Crippen LogP contribution in [-0.2, 0) is 0 Å². The van der Waals surface area contributed by atoms with Crippen LogP contribution >= 0.6 is 0 Å². The van der Waals surface area contributed by atoms with Gasteiger partial charge in [-0.2, -0.15) is 0 Å². The van der Waals surface area contributed by atoms with Crippen LogP contribution in [0.15, 0.2) is 18.3 Å². The van der Waals surface area contributed by atoms with E-state index in [2.05, 4.69) is 4.98 Å². The predicted molar refractivity (Wildman–Crippen MR) is 48.7 cm³/mol. The third-order valence-corrected chi connectivity index (χ3v) is 1.90. The molecular weight excluding hydrogens is 188 g/mol. The molecule has 0 unspecified atom stereocenters. The zero-order valence-corrected chi connectivity index (χ0v) is 8.00. The molecule has 0 aliphatic rings. The summed E-state index contributed by atoms with van der Waals surface area (Å²) in [5.41, 5.74) is 0.750. The van der Waals surface area contributed by atoms with Crippen molar-refractivity contribution in [1.82, 2.24) is 4.98 Å². The molecule has 76 valence electrons. The van der Waals surface area contributed by atoms with E-state index >= 15 is 0 Å². The smallest absolute Gasteiger partial charge is 0.286 e. The lowest BCUT2D eigenvalue weighted by atomic mass is 10.1. The highest BCUT2D eigenvalue weighted by Crippen LogP contribution is 2.13. The van der Waals surface area contributed by atoms with E-state index in [1.54, 1.807) is 6.07 Å². The molecule has 0 fully saturated rings. The summed E-state index contributed by atoms with van der Waals surface area (Å²) in [6.07, 6.45) is -1.52. The van der Waals surface area contributed by atoms with Crippen molar-refractivity contribution >= 4 is 5.78 Å². The number of nitrogens with zero attached hydrogens (tertiary/aromatic N) is 1. The summed E-state index contributed by atoms with van der Waals surface area (Å²) in [6, 6.07) is 2.98. The summed E-state index contributed by atoms with van der Waals surface area (Å²) in [6.45, 7) is 3.93. The van der Waals surface area contributed by atoms with E-state index in [0.717, 1.165) is 5.56 Å². The zero-order valence-electron chi connectivity index (χ0n) is 8.00. The summed E-state index contributed by atoms with van der Waals surface area (Å²) in [4.78, 5) is 14.5. The Kier molecular flexibility index (Phi) is 3.28. The van der Waals surface area contributed by atoms with Crippen LogP contribution in [0.4, 0.5) is 8.78 Å². The number of hydrogen-bond donors (Lipinski definition) is 0. The second kappa shape index (κ2) is 4.26. The minimum absolute atomic E-state index is 0.176. The Morgan fingerprint density at radius 1 is 1.36 bits per heavy atom. The van der Waals surface area contributed by atoms with Crippen LogP contribution in [0, 0.1) is 0 Å². The first-order valence-electron chi connectivity index (χ1n) is 4.30. The van der Waals surface area contributed by atoms with E-state index in [-0.39, 0.29) is 11.6 Å². The van der Waals surface area contributed by atoms with Gasteiger partial charge in [0.05, 0.1) is 0 Å². The van der Waals surface area contributed by atoms with Gasteiger partial charge in [0.1, 0.15) is 5.69 Å². The van der Waals surface area contributed by atoms with Gasteiger partial charge in [0, 0.05) is 6.20 Å². The molecule has 4 heteroatoms. The first kappa shape index (κ1) is 10.8. The molecule has 0 radical (unpaired) electrons.